The van der Waals surface area contributed by atoms with Crippen LogP contribution in [0.2, 0.25) is 0 Å². The van der Waals surface area contributed by atoms with E-state index in [1.807, 2.05) is 41.1 Å². The fraction of sp³-hybridized carbons (Fsp3) is 0.308. The van der Waals surface area contributed by atoms with E-state index in [1.54, 1.807) is 12.1 Å². The van der Waals surface area contributed by atoms with E-state index in [9.17, 15) is 5.11 Å². The average molecular weight is 400 g/mol. The first-order chi connectivity index (χ1) is 14.1. The van der Waals surface area contributed by atoms with E-state index in [0.29, 0.717) is 0 Å². The van der Waals surface area contributed by atoms with Gasteiger partial charge in [0.05, 0.1) is 11.2 Å². The highest BCUT2D eigenvalue weighted by Gasteiger charge is 2.28. The first-order valence-corrected chi connectivity index (χ1v) is 10.4. The molecule has 0 aliphatic heterocycles. The summed E-state index contributed by atoms with van der Waals surface area (Å²) in [5.41, 5.74) is 6.43. The van der Waals surface area contributed by atoms with Gasteiger partial charge in [0.15, 0.2) is 0 Å². The maximum atomic E-state index is 9.73. The maximum Gasteiger partial charge on any atom is 0.115 e. The molecule has 1 heterocycles. The Kier molecular flexibility index (Phi) is 4.89. The molecule has 0 aliphatic rings. The molecule has 0 fully saturated rings. The predicted molar refractivity (Wildman–Crippen MR) is 123 cm³/mol. The lowest BCUT2D eigenvalue weighted by molar-refractivity contribution is 0.284. The van der Waals surface area contributed by atoms with Gasteiger partial charge in [0.2, 0.25) is 0 Å². The molecular weight excluding hydrogens is 370 g/mol. The average Bonchev–Trinajstić information content (AvgIpc) is 3.10. The van der Waals surface area contributed by atoms with E-state index in [2.05, 4.69) is 63.1 Å². The van der Waals surface area contributed by atoms with Crippen LogP contribution in [0.4, 0.5) is 0 Å². The van der Waals surface area contributed by atoms with Gasteiger partial charge in [-0.05, 0) is 58.7 Å². The number of hydrogen-bond acceptors (Lipinski definition) is 3. The molecule has 4 rings (SSSR count). The molecule has 0 radical (unpaired) electrons. The van der Waals surface area contributed by atoms with Gasteiger partial charge in [0.1, 0.15) is 11.3 Å². The molecule has 1 N–H and O–H groups in total. The van der Waals surface area contributed by atoms with Crippen molar-refractivity contribution in [1.29, 1.82) is 0 Å². The van der Waals surface area contributed by atoms with Gasteiger partial charge in [-0.15, -0.1) is 5.10 Å². The minimum Gasteiger partial charge on any atom is -0.508 e. The van der Waals surface area contributed by atoms with Gasteiger partial charge in [0.25, 0.3) is 0 Å². The molecule has 4 heteroatoms. The van der Waals surface area contributed by atoms with Crippen LogP contribution in [-0.2, 0) is 5.41 Å². The molecule has 0 atom stereocenters. The molecule has 154 valence electrons. The van der Waals surface area contributed by atoms with Crippen LogP contribution < -0.4 is 0 Å². The molecule has 0 saturated carbocycles. The van der Waals surface area contributed by atoms with Gasteiger partial charge in [-0.3, -0.25) is 0 Å². The number of hydrogen-bond donors (Lipinski definition) is 1. The summed E-state index contributed by atoms with van der Waals surface area (Å²) in [6.45, 7) is 11.5. The minimum absolute atomic E-state index is 0.0108. The fourth-order valence-corrected chi connectivity index (χ4v) is 4.49. The predicted octanol–water partition coefficient (Wildman–Crippen LogP) is 6.51. The second kappa shape index (κ2) is 7.28. The van der Waals surface area contributed by atoms with Crippen molar-refractivity contribution >= 4 is 11.0 Å². The lowest BCUT2D eigenvalue weighted by Gasteiger charge is -2.33. The topological polar surface area (TPSA) is 50.9 Å². The van der Waals surface area contributed by atoms with Crippen LogP contribution >= 0.6 is 0 Å². The van der Waals surface area contributed by atoms with Gasteiger partial charge >= 0.3 is 0 Å². The molecular formula is C26H29N3O. The third-order valence-electron chi connectivity index (χ3n) is 5.51. The minimum atomic E-state index is 0.0108. The molecule has 4 aromatic rings. The van der Waals surface area contributed by atoms with Gasteiger partial charge in [0, 0.05) is 5.56 Å². The Bertz CT molecular complexity index is 1180. The quantitative estimate of drug-likeness (QED) is 0.426. The van der Waals surface area contributed by atoms with Crippen LogP contribution in [0.1, 0.15) is 46.6 Å². The van der Waals surface area contributed by atoms with E-state index >= 15 is 0 Å². The zero-order chi connectivity index (χ0) is 21.5. The highest BCUT2D eigenvalue weighted by atomic mass is 16.3. The van der Waals surface area contributed by atoms with Gasteiger partial charge in [-0.1, -0.05) is 76.2 Å². The third kappa shape index (κ3) is 3.95. The standard InChI is InChI=1S/C26H29N3O/c1-25(2,3)17-26(4,5)19-12-15-21(18-10-13-20(30)14-11-18)24(16-19)29-23-9-7-6-8-22(23)27-28-29/h6-16,30H,17H2,1-5H3. The van der Waals surface area contributed by atoms with Crippen LogP contribution in [0.5, 0.6) is 5.75 Å². The lowest BCUT2D eigenvalue weighted by atomic mass is 9.72. The first-order valence-electron chi connectivity index (χ1n) is 10.4. The summed E-state index contributed by atoms with van der Waals surface area (Å²) in [5, 5.41) is 18.6. The summed E-state index contributed by atoms with van der Waals surface area (Å²) in [5.74, 6) is 0.259. The SMILES string of the molecule is CC(C)(C)CC(C)(C)c1ccc(-c2ccc(O)cc2)c(-n2nnc3ccccc32)c1. The molecule has 0 saturated heterocycles. The zero-order valence-corrected chi connectivity index (χ0v) is 18.3. The van der Waals surface area contributed by atoms with Crippen LogP contribution in [0.3, 0.4) is 0 Å². The number of para-hydroxylation sites is 1. The Morgan fingerprint density at radius 1 is 0.867 bits per heavy atom. The number of nitrogens with zero attached hydrogens (tertiary/aromatic N) is 3. The Hall–Kier alpha value is -3.14. The zero-order valence-electron chi connectivity index (χ0n) is 18.3. The van der Waals surface area contributed by atoms with Crippen molar-refractivity contribution in [2.75, 3.05) is 0 Å². The lowest BCUT2D eigenvalue weighted by Crippen LogP contribution is -2.25. The normalized spacial score (nSPS) is 12.4. The third-order valence-corrected chi connectivity index (χ3v) is 5.51. The molecule has 30 heavy (non-hydrogen) atoms. The molecule has 0 unspecified atom stereocenters. The number of phenolic OH excluding ortho intramolecular Hbond substituents is 1. The van der Waals surface area contributed by atoms with Crippen LogP contribution in [-0.4, -0.2) is 20.1 Å². The maximum absolute atomic E-state index is 9.73. The van der Waals surface area contributed by atoms with Crippen molar-refractivity contribution in [1.82, 2.24) is 15.0 Å². The summed E-state index contributed by atoms with van der Waals surface area (Å²) >= 11 is 0. The van der Waals surface area contributed by atoms with E-state index in [1.165, 1.54) is 5.56 Å². The molecule has 0 bridgehead atoms. The van der Waals surface area contributed by atoms with Crippen molar-refractivity contribution in [2.45, 2.75) is 46.5 Å². The van der Waals surface area contributed by atoms with Crippen LogP contribution in [0.25, 0.3) is 27.8 Å². The van der Waals surface area contributed by atoms with Crippen molar-refractivity contribution in [2.24, 2.45) is 5.41 Å². The van der Waals surface area contributed by atoms with Gasteiger partial charge in [-0.2, -0.15) is 0 Å². The molecule has 0 spiro atoms. The van der Waals surface area contributed by atoms with Gasteiger partial charge in [-0.25, -0.2) is 4.68 Å². The van der Waals surface area contributed by atoms with Crippen molar-refractivity contribution in [3.63, 3.8) is 0 Å². The highest BCUT2D eigenvalue weighted by molar-refractivity contribution is 5.81. The van der Waals surface area contributed by atoms with E-state index in [0.717, 1.165) is 34.3 Å². The van der Waals surface area contributed by atoms with Crippen LogP contribution in [0, 0.1) is 5.41 Å². The number of rotatable bonds is 4. The first kappa shape index (κ1) is 20.1. The number of fused-ring (bicyclic) bond motifs is 1. The van der Waals surface area contributed by atoms with E-state index in [4.69, 9.17) is 0 Å². The Morgan fingerprint density at radius 3 is 2.27 bits per heavy atom. The monoisotopic (exact) mass is 399 g/mol. The number of benzene rings is 3. The molecule has 3 aromatic carbocycles. The van der Waals surface area contributed by atoms with Crippen LogP contribution in [0.15, 0.2) is 66.7 Å². The summed E-state index contributed by atoms with van der Waals surface area (Å²) < 4.78 is 1.92. The number of phenols is 1. The molecule has 0 aliphatic carbocycles. The number of aromatic hydroxyl groups is 1. The summed E-state index contributed by atoms with van der Waals surface area (Å²) in [6, 6.07) is 22.0. The summed E-state index contributed by atoms with van der Waals surface area (Å²) in [7, 11) is 0. The molecule has 0 amide bonds. The Balaban J connectivity index is 1.93. The van der Waals surface area contributed by atoms with Crippen molar-refractivity contribution in [3.8, 4) is 22.6 Å². The van der Waals surface area contributed by atoms with E-state index < -0.39 is 0 Å². The van der Waals surface area contributed by atoms with E-state index in [-0.39, 0.29) is 16.6 Å². The number of aromatic nitrogens is 3. The van der Waals surface area contributed by atoms with Crippen molar-refractivity contribution < 1.29 is 5.11 Å². The Morgan fingerprint density at radius 2 is 1.57 bits per heavy atom. The Labute approximate surface area is 178 Å². The fourth-order valence-electron chi connectivity index (χ4n) is 4.49. The summed E-state index contributed by atoms with van der Waals surface area (Å²) in [4.78, 5) is 0. The van der Waals surface area contributed by atoms with Crippen molar-refractivity contribution in [3.05, 3.63) is 72.3 Å². The second-order valence-electron chi connectivity index (χ2n) is 9.89. The summed E-state index contributed by atoms with van der Waals surface area (Å²) in [6.07, 6.45) is 1.07. The van der Waals surface area contributed by atoms with Gasteiger partial charge < -0.3 is 5.11 Å². The molecule has 4 nitrogen and oxygen atoms in total. The second-order valence-corrected chi connectivity index (χ2v) is 9.89. The smallest absolute Gasteiger partial charge is 0.115 e. The molecule has 1 aromatic heterocycles. The highest BCUT2D eigenvalue weighted by Crippen LogP contribution is 2.39. The largest absolute Gasteiger partial charge is 0.508 e.